The topological polar surface area (TPSA) is 44.0 Å². The predicted octanol–water partition coefficient (Wildman–Crippen LogP) is 0.586. The second-order valence-electron chi connectivity index (χ2n) is 3.10. The zero-order valence-electron chi connectivity index (χ0n) is 8.61. The van der Waals surface area contributed by atoms with Gasteiger partial charge in [-0.3, -0.25) is 9.36 Å². The van der Waals surface area contributed by atoms with E-state index in [4.69, 9.17) is 0 Å². The second kappa shape index (κ2) is 4.50. The molecule has 0 aromatic carbocycles. The molecule has 14 heavy (non-hydrogen) atoms. The molecular formula is C9H14N2O2S. The number of hydrogen-bond donors (Lipinski definition) is 0. The minimum absolute atomic E-state index is 0.202. The molecule has 1 rings (SSSR count). The molecule has 0 N–H and O–H groups in total. The largest absolute Gasteiger partial charge is 0.330 e. The Bertz CT molecular complexity index is 433. The molecule has 0 bridgehead atoms. The van der Waals surface area contributed by atoms with Gasteiger partial charge in [-0.2, -0.15) is 0 Å². The molecule has 1 heterocycles. The van der Waals surface area contributed by atoms with Crippen LogP contribution in [0.15, 0.2) is 20.7 Å². The highest BCUT2D eigenvalue weighted by Gasteiger charge is 2.05. The number of hydrogen-bond acceptors (Lipinski definition) is 3. The van der Waals surface area contributed by atoms with Gasteiger partial charge < -0.3 is 4.57 Å². The van der Waals surface area contributed by atoms with Crippen LogP contribution in [0.1, 0.15) is 13.3 Å². The first-order chi connectivity index (χ1) is 6.57. The minimum atomic E-state index is -0.282. The van der Waals surface area contributed by atoms with Gasteiger partial charge in [0.1, 0.15) is 0 Å². The lowest BCUT2D eigenvalue weighted by Crippen LogP contribution is -2.37. The zero-order chi connectivity index (χ0) is 10.7. The molecule has 0 amide bonds. The van der Waals surface area contributed by atoms with Crippen LogP contribution in [0, 0.1) is 0 Å². The van der Waals surface area contributed by atoms with E-state index in [0.717, 1.165) is 16.7 Å². The van der Waals surface area contributed by atoms with Crippen molar-refractivity contribution < 1.29 is 0 Å². The summed E-state index contributed by atoms with van der Waals surface area (Å²) >= 11 is 1.49. The monoisotopic (exact) mass is 214 g/mol. The summed E-state index contributed by atoms with van der Waals surface area (Å²) < 4.78 is 2.57. The van der Waals surface area contributed by atoms with Crippen LogP contribution in [0.25, 0.3) is 0 Å². The van der Waals surface area contributed by atoms with Crippen LogP contribution in [0.3, 0.4) is 0 Å². The molecule has 0 aliphatic heterocycles. The average Bonchev–Trinajstić information content (AvgIpc) is 2.18. The van der Waals surface area contributed by atoms with Crippen LogP contribution in [0.4, 0.5) is 0 Å². The van der Waals surface area contributed by atoms with E-state index in [9.17, 15) is 9.59 Å². The summed E-state index contributed by atoms with van der Waals surface area (Å²) in [6.45, 7) is 2.06. The fraction of sp³-hybridized carbons (Fsp3) is 0.556. The van der Waals surface area contributed by atoms with Crippen molar-refractivity contribution in [3.8, 4) is 0 Å². The molecule has 0 atom stereocenters. The quantitative estimate of drug-likeness (QED) is 0.692. The van der Waals surface area contributed by atoms with Gasteiger partial charge in [0, 0.05) is 20.3 Å². The Hall–Kier alpha value is -0.970. The van der Waals surface area contributed by atoms with Gasteiger partial charge in [0.25, 0.3) is 5.56 Å². The van der Waals surface area contributed by atoms with E-state index in [0.29, 0.717) is 4.90 Å². The standard InChI is InChI=1S/C9H14N2O2S/c1-4-5-14-7-6-10(2)9(13)11(3)8(7)12/h6H,4-5H2,1-3H3. The van der Waals surface area contributed by atoms with Crippen molar-refractivity contribution in [2.75, 3.05) is 5.75 Å². The Kier molecular flexibility index (Phi) is 3.57. The Morgan fingerprint density at radius 3 is 2.57 bits per heavy atom. The van der Waals surface area contributed by atoms with Crippen LogP contribution >= 0.6 is 11.8 Å². The molecule has 0 saturated heterocycles. The third-order valence-corrected chi connectivity index (χ3v) is 3.08. The summed E-state index contributed by atoms with van der Waals surface area (Å²) in [6, 6.07) is 0. The first-order valence-electron chi connectivity index (χ1n) is 4.47. The molecule has 0 aliphatic rings. The molecule has 0 aliphatic carbocycles. The van der Waals surface area contributed by atoms with Gasteiger partial charge in [-0.15, -0.1) is 11.8 Å². The van der Waals surface area contributed by atoms with Gasteiger partial charge in [-0.05, 0) is 12.2 Å². The van der Waals surface area contributed by atoms with Crippen LogP contribution in [-0.4, -0.2) is 14.9 Å². The van der Waals surface area contributed by atoms with E-state index >= 15 is 0 Å². The number of aromatic nitrogens is 2. The molecular weight excluding hydrogens is 200 g/mol. The van der Waals surface area contributed by atoms with E-state index < -0.39 is 0 Å². The van der Waals surface area contributed by atoms with E-state index in [-0.39, 0.29) is 11.2 Å². The Morgan fingerprint density at radius 2 is 2.00 bits per heavy atom. The van der Waals surface area contributed by atoms with Crippen LogP contribution < -0.4 is 11.2 Å². The summed E-state index contributed by atoms with van der Waals surface area (Å²) in [5.74, 6) is 0.896. The molecule has 5 heteroatoms. The molecule has 1 aromatic heterocycles. The first-order valence-corrected chi connectivity index (χ1v) is 5.46. The smallest absolute Gasteiger partial charge is 0.302 e. The van der Waals surface area contributed by atoms with Gasteiger partial charge in [-0.1, -0.05) is 6.92 Å². The first kappa shape index (κ1) is 11.1. The van der Waals surface area contributed by atoms with Gasteiger partial charge >= 0.3 is 5.69 Å². The highest BCUT2D eigenvalue weighted by molar-refractivity contribution is 7.99. The molecule has 0 fully saturated rings. The highest BCUT2D eigenvalue weighted by atomic mass is 32.2. The fourth-order valence-electron chi connectivity index (χ4n) is 1.09. The van der Waals surface area contributed by atoms with E-state index in [2.05, 4.69) is 6.92 Å². The summed E-state index contributed by atoms with van der Waals surface area (Å²) in [5, 5.41) is 0. The summed E-state index contributed by atoms with van der Waals surface area (Å²) in [7, 11) is 3.15. The number of nitrogens with zero attached hydrogens (tertiary/aromatic N) is 2. The SMILES string of the molecule is CCCSc1cn(C)c(=O)n(C)c1=O. The maximum Gasteiger partial charge on any atom is 0.330 e. The van der Waals surface area contributed by atoms with E-state index in [1.165, 1.54) is 23.4 Å². The number of thioether (sulfide) groups is 1. The Balaban J connectivity index is 3.20. The van der Waals surface area contributed by atoms with Gasteiger partial charge in [0.2, 0.25) is 0 Å². The molecule has 0 radical (unpaired) electrons. The lowest BCUT2D eigenvalue weighted by Gasteiger charge is -2.05. The van der Waals surface area contributed by atoms with Crippen molar-refractivity contribution in [1.82, 2.24) is 9.13 Å². The molecule has 0 saturated carbocycles. The third kappa shape index (κ3) is 2.09. The van der Waals surface area contributed by atoms with Crippen LogP contribution in [-0.2, 0) is 14.1 Å². The van der Waals surface area contributed by atoms with Gasteiger partial charge in [-0.25, -0.2) is 4.79 Å². The molecule has 1 aromatic rings. The summed E-state index contributed by atoms with van der Waals surface area (Å²) in [4.78, 5) is 23.5. The maximum absolute atomic E-state index is 11.6. The van der Waals surface area contributed by atoms with Crippen molar-refractivity contribution in [2.24, 2.45) is 14.1 Å². The van der Waals surface area contributed by atoms with Crippen molar-refractivity contribution in [2.45, 2.75) is 18.2 Å². The van der Waals surface area contributed by atoms with Crippen LogP contribution in [0.2, 0.25) is 0 Å². The number of rotatable bonds is 3. The maximum atomic E-state index is 11.6. The van der Waals surface area contributed by atoms with Crippen LogP contribution in [0.5, 0.6) is 0 Å². The lowest BCUT2D eigenvalue weighted by atomic mass is 10.6. The normalized spacial score (nSPS) is 10.5. The van der Waals surface area contributed by atoms with Crippen molar-refractivity contribution in [1.29, 1.82) is 0 Å². The second-order valence-corrected chi connectivity index (χ2v) is 4.24. The fourth-order valence-corrected chi connectivity index (χ4v) is 2.00. The summed E-state index contributed by atoms with van der Waals surface area (Å²) in [6.07, 6.45) is 2.61. The molecule has 4 nitrogen and oxygen atoms in total. The van der Waals surface area contributed by atoms with Crippen molar-refractivity contribution in [3.05, 3.63) is 27.0 Å². The summed E-state index contributed by atoms with van der Waals surface area (Å²) in [5.41, 5.74) is -0.484. The Labute approximate surface area is 86.6 Å². The van der Waals surface area contributed by atoms with E-state index in [1.807, 2.05) is 0 Å². The van der Waals surface area contributed by atoms with Crippen molar-refractivity contribution in [3.63, 3.8) is 0 Å². The predicted molar refractivity (Wildman–Crippen MR) is 57.9 cm³/mol. The number of aryl methyl sites for hydroxylation is 1. The minimum Gasteiger partial charge on any atom is -0.302 e. The third-order valence-electron chi connectivity index (χ3n) is 1.88. The van der Waals surface area contributed by atoms with Gasteiger partial charge in [0.05, 0.1) is 4.90 Å². The average molecular weight is 214 g/mol. The molecule has 78 valence electrons. The van der Waals surface area contributed by atoms with Gasteiger partial charge in [0.15, 0.2) is 0 Å². The molecule has 0 spiro atoms. The zero-order valence-corrected chi connectivity index (χ0v) is 9.43. The highest BCUT2D eigenvalue weighted by Crippen LogP contribution is 2.12. The van der Waals surface area contributed by atoms with E-state index in [1.54, 1.807) is 13.2 Å². The molecule has 0 unspecified atom stereocenters. The van der Waals surface area contributed by atoms with Crippen molar-refractivity contribution >= 4 is 11.8 Å². The lowest BCUT2D eigenvalue weighted by molar-refractivity contribution is 0.662. The Morgan fingerprint density at radius 1 is 1.36 bits per heavy atom.